The zero-order valence-corrected chi connectivity index (χ0v) is 48.0. The van der Waals surface area contributed by atoms with Crippen LogP contribution in [0.5, 0.6) is 0 Å². The van der Waals surface area contributed by atoms with Crippen LogP contribution in [-0.2, 0) is 0 Å². The van der Waals surface area contributed by atoms with E-state index in [4.69, 9.17) is 62.2 Å². The Morgan fingerprint density at radius 3 is 1.17 bits per heavy atom. The van der Waals surface area contributed by atoms with E-state index < -0.39 is 50.4 Å². The minimum Gasteiger partial charge on any atom is -0.299 e. The van der Waals surface area contributed by atoms with Crippen LogP contribution in [0.25, 0.3) is 0 Å². The number of rotatable bonds is 6. The van der Waals surface area contributed by atoms with Gasteiger partial charge in [-0.1, -0.05) is 143 Å². The van der Waals surface area contributed by atoms with E-state index in [1.165, 1.54) is 11.1 Å². The maximum absolute atomic E-state index is 8.66. The molecule has 0 saturated carbocycles. The van der Waals surface area contributed by atoms with E-state index in [0.717, 1.165) is 44.0 Å². The average molecular weight is 1110 g/mol. The van der Waals surface area contributed by atoms with Crippen LogP contribution < -0.4 is 0 Å². The van der Waals surface area contributed by atoms with Gasteiger partial charge in [-0.3, -0.25) is 29.4 Å². The maximum atomic E-state index is 8.66. The Morgan fingerprint density at radius 1 is 0.468 bits per heavy atom. The van der Waals surface area contributed by atoms with Crippen LogP contribution in [0.3, 0.4) is 0 Å². The summed E-state index contributed by atoms with van der Waals surface area (Å²) in [5.74, 6) is -0.465. The van der Waals surface area contributed by atoms with Crippen molar-refractivity contribution in [3.8, 4) is 0 Å². The van der Waals surface area contributed by atoms with Gasteiger partial charge in [0.1, 0.15) is 0 Å². The Balaban J connectivity index is 0.000000158. The van der Waals surface area contributed by atoms with E-state index in [2.05, 4.69) is 28.0 Å². The van der Waals surface area contributed by atoms with Crippen molar-refractivity contribution in [2.45, 2.75) is 127 Å². The third-order valence-corrected chi connectivity index (χ3v) is 17.5. The van der Waals surface area contributed by atoms with E-state index in [1.807, 2.05) is 100 Å². The van der Waals surface area contributed by atoms with Gasteiger partial charge in [0, 0.05) is 143 Å². The lowest BCUT2D eigenvalue weighted by molar-refractivity contribution is 0.0158. The predicted octanol–water partition coefficient (Wildman–Crippen LogP) is 15.4. The summed E-state index contributed by atoms with van der Waals surface area (Å²) >= 11 is 19.0. The highest BCUT2D eigenvalue weighted by Crippen LogP contribution is 2.51. The molecule has 3 aliphatic carbocycles. The summed E-state index contributed by atoms with van der Waals surface area (Å²) in [5.41, 5.74) is 6.64. The normalized spacial score (nSPS) is 32.3. The molecule has 0 N–H and O–H groups in total. The van der Waals surface area contributed by atoms with Gasteiger partial charge in [-0.2, -0.15) is 0 Å². The van der Waals surface area contributed by atoms with Crippen LogP contribution in [0.1, 0.15) is 185 Å². The molecule has 0 bridgehead atoms. The summed E-state index contributed by atoms with van der Waals surface area (Å²) in [6.07, 6.45) is 1.84. The van der Waals surface area contributed by atoms with Crippen molar-refractivity contribution in [3.05, 3.63) is 210 Å². The summed E-state index contributed by atoms with van der Waals surface area (Å²) in [6, 6.07) is 26.4. The Kier molecular flexibility index (Phi) is 10.8. The quantitative estimate of drug-likeness (QED) is 0.164. The lowest BCUT2D eigenvalue weighted by Crippen LogP contribution is -2.58. The van der Waals surface area contributed by atoms with Crippen LogP contribution in [0.15, 0.2) is 133 Å². The van der Waals surface area contributed by atoms with Crippen molar-refractivity contribution in [3.63, 3.8) is 0 Å². The molecule has 6 aromatic carbocycles. The first-order valence-electron chi connectivity index (χ1n) is 36.8. The van der Waals surface area contributed by atoms with Crippen LogP contribution in [-0.4, -0.2) is 126 Å². The van der Waals surface area contributed by atoms with E-state index in [1.54, 1.807) is 38.7 Å². The first kappa shape index (κ1) is 36.3. The Hall–Kier alpha value is -4.05. The molecule has 0 spiro atoms. The zero-order chi connectivity index (χ0) is 71.9. The highest BCUT2D eigenvalue weighted by atomic mass is 35.5. The standard InChI is InChI=1S/2C23H29ClN2.C22H27ClN2/c2*1-16-6-5-7-17(12-16)20-14-22(21-13-18(24)8-9-19(20)21)26-11-10-25(4)23(2,3)15-26;1-22(2)15-25(12-11-24(22)3)21-14-19(16-7-5-4-6-8-16)18-10-9-17(23)13-20(18)21/h2*5-9,12-13,20,22H,10-11,14-15H2,1-4H3;4-10,13,19,21H,11-12,14-15H2,1-3H3/t2*20-,22+;19-,21+/m000/s1/i4D3,5D,6D,7D,10D2,12D;5D,6D,7D,10D2,12D;3D3,11D2. The van der Waals surface area contributed by atoms with Crippen molar-refractivity contribution >= 4 is 34.8 Å². The smallest absolute Gasteiger partial charge is 0.0629 e. The first-order chi connectivity index (χ1) is 44.6. The molecule has 6 aromatic rings. The number of benzene rings is 6. The van der Waals surface area contributed by atoms with Crippen LogP contribution in [0.2, 0.25) is 15.1 Å². The second kappa shape index (κ2) is 22.8. The van der Waals surface area contributed by atoms with Crippen molar-refractivity contribution in [1.29, 1.82) is 0 Å². The molecule has 0 radical (unpaired) electrons. The molecule has 6 nitrogen and oxygen atoms in total. The summed E-state index contributed by atoms with van der Waals surface area (Å²) in [7, 11) is 1.82. The Labute approximate surface area is 506 Å². The lowest BCUT2D eigenvalue weighted by Gasteiger charge is -2.47. The van der Waals surface area contributed by atoms with Crippen LogP contribution in [0, 0.1) is 13.8 Å². The average Bonchev–Trinajstić information content (AvgIpc) is 1.73. The van der Waals surface area contributed by atoms with Gasteiger partial charge < -0.3 is 0 Å². The number of halogens is 3. The molecule has 12 rings (SSSR count). The summed E-state index contributed by atoms with van der Waals surface area (Å²) < 4.78 is 166. The van der Waals surface area contributed by atoms with Gasteiger partial charge in [0.15, 0.2) is 0 Å². The number of hydrogen-bond acceptors (Lipinski definition) is 6. The summed E-state index contributed by atoms with van der Waals surface area (Å²) in [4.78, 5) is 10.0. The van der Waals surface area contributed by atoms with Gasteiger partial charge in [0.2, 0.25) is 0 Å². The largest absolute Gasteiger partial charge is 0.299 e. The summed E-state index contributed by atoms with van der Waals surface area (Å²) in [5, 5.41) is 1.77. The molecule has 3 aliphatic heterocycles. The molecule has 0 aromatic heterocycles. The molecule has 3 heterocycles. The van der Waals surface area contributed by atoms with E-state index in [9.17, 15) is 0 Å². The van der Waals surface area contributed by atoms with Crippen molar-refractivity contribution in [1.82, 2.24) is 29.4 Å². The SMILES string of the molecule is [2H]C([2H])([2H])N1C([2H])([2H])CN([C@@H]2C[C@@H](c3ccccc3)c3ccc(Cl)cc32)CC1(C)C.[2H]c1c([2H])c(C)c([2H])c([C@@H]2C[C@@H](N3CC([2H])([2H])N(C([2H])([2H])[2H])C(C)(C)C3)c3cc(Cl)ccc32)c1[2H].[2H]c1c([2H])c(C)c([2H])c([C@@H]2C[C@@H](N3CC([2H])([2H])N(C)C(C)(C)C3)c3cc(Cl)ccc32)c1[2H]. The molecule has 77 heavy (non-hydrogen) atoms. The molecule has 6 atom stereocenters. The van der Waals surface area contributed by atoms with Gasteiger partial charge in [-0.05, 0) is 182 Å². The van der Waals surface area contributed by atoms with E-state index in [-0.39, 0.29) is 103 Å². The lowest BCUT2D eigenvalue weighted by atomic mass is 9.92. The Bertz CT molecular complexity index is 3880. The second-order valence-electron chi connectivity index (χ2n) is 23.6. The number of likely N-dealkylation sites (N-methyl/N-ethyl adjacent to an activating group) is 3. The topological polar surface area (TPSA) is 19.4 Å². The monoisotopic (exact) mass is 1110 g/mol. The van der Waals surface area contributed by atoms with Gasteiger partial charge in [0.25, 0.3) is 0 Å². The number of nitrogens with zero attached hydrogens (tertiary/aromatic N) is 6. The van der Waals surface area contributed by atoms with E-state index >= 15 is 0 Å². The third kappa shape index (κ3) is 12.0. The van der Waals surface area contributed by atoms with Crippen molar-refractivity contribution in [2.24, 2.45) is 0 Å². The fraction of sp³-hybridized carbons (Fsp3) is 0.471. The minimum absolute atomic E-state index is 0.0167. The van der Waals surface area contributed by atoms with Crippen molar-refractivity contribution in [2.75, 3.05) is 79.8 Å². The molecule has 3 fully saturated rings. The third-order valence-electron chi connectivity index (χ3n) is 16.8. The fourth-order valence-corrected chi connectivity index (χ4v) is 13.0. The van der Waals surface area contributed by atoms with Crippen LogP contribution >= 0.6 is 34.8 Å². The van der Waals surface area contributed by atoms with Gasteiger partial charge in [-0.15, -0.1) is 0 Å². The molecular formula is C68H85Cl3N6. The summed E-state index contributed by atoms with van der Waals surface area (Å²) in [6.45, 7) is 5.30. The fourth-order valence-electron chi connectivity index (χ4n) is 12.5. The number of fused-ring (bicyclic) bond motifs is 3. The number of hydrogen-bond donors (Lipinski definition) is 0. The predicted molar refractivity (Wildman–Crippen MR) is 326 cm³/mol. The molecule has 9 heteroatoms. The van der Waals surface area contributed by atoms with Gasteiger partial charge in [-0.25, -0.2) is 0 Å². The molecule has 0 amide bonds. The molecule has 6 aliphatic rings. The highest BCUT2D eigenvalue weighted by molar-refractivity contribution is 6.31. The number of piperazine rings is 3. The Morgan fingerprint density at radius 2 is 0.818 bits per heavy atom. The second-order valence-corrected chi connectivity index (χ2v) is 24.9. The zero-order valence-electron chi connectivity index (χ0n) is 65.7. The maximum Gasteiger partial charge on any atom is 0.0629 e. The highest BCUT2D eigenvalue weighted by Gasteiger charge is 2.44. The van der Waals surface area contributed by atoms with E-state index in [0.29, 0.717) is 69.8 Å². The van der Waals surface area contributed by atoms with Gasteiger partial charge >= 0.3 is 0 Å². The molecule has 408 valence electrons. The minimum atomic E-state index is -2.60. The first-order valence-corrected chi connectivity index (χ1v) is 27.9. The van der Waals surface area contributed by atoms with Crippen LogP contribution in [0.4, 0.5) is 0 Å². The van der Waals surface area contributed by atoms with Gasteiger partial charge in [0.05, 0.1) is 11.0 Å². The molecule has 0 unspecified atom stereocenters. The van der Waals surface area contributed by atoms with Crippen molar-refractivity contribution < 1.29 is 27.4 Å². The molecule has 3 saturated heterocycles. The molecular weight excluding hydrogens is 1010 g/mol.